The van der Waals surface area contributed by atoms with Crippen molar-refractivity contribution in [2.24, 2.45) is 0 Å². The van der Waals surface area contributed by atoms with Gasteiger partial charge in [-0.3, -0.25) is 0 Å². The quantitative estimate of drug-likeness (QED) is 0.735. The average Bonchev–Trinajstić information content (AvgIpc) is 2.76. The van der Waals surface area contributed by atoms with Crippen molar-refractivity contribution in [1.82, 2.24) is 0 Å². The summed E-state index contributed by atoms with van der Waals surface area (Å²) < 4.78 is 10.9. The summed E-state index contributed by atoms with van der Waals surface area (Å²) in [6.45, 7) is 0.577. The minimum absolute atomic E-state index is 0.0251. The molecule has 0 aliphatic carbocycles. The number of hydrogen-bond acceptors (Lipinski definition) is 2. The molecule has 0 N–H and O–H groups in total. The van der Waals surface area contributed by atoms with Gasteiger partial charge in [-0.15, -0.1) is 11.6 Å². The molecule has 3 heteroatoms. The highest BCUT2D eigenvalue weighted by Gasteiger charge is 2.22. The predicted molar refractivity (Wildman–Crippen MR) is 60.8 cm³/mol. The van der Waals surface area contributed by atoms with Gasteiger partial charge in [0, 0.05) is 0 Å². The molecule has 1 saturated heterocycles. The summed E-state index contributed by atoms with van der Waals surface area (Å²) in [6.07, 6.45) is 3.66. The van der Waals surface area contributed by atoms with E-state index in [0.29, 0.717) is 12.5 Å². The molecule has 1 aliphatic rings. The molecule has 0 aromatic heterocycles. The molecule has 0 bridgehead atoms. The van der Waals surface area contributed by atoms with Gasteiger partial charge in [-0.1, -0.05) is 36.4 Å². The second-order valence-corrected chi connectivity index (χ2v) is 3.69. The maximum Gasteiger partial charge on any atom is 0.177 e. The predicted octanol–water partition coefficient (Wildman–Crippen LogP) is 2.68. The van der Waals surface area contributed by atoms with E-state index in [0.717, 1.165) is 5.56 Å². The number of hydrogen-bond donors (Lipinski definition) is 0. The zero-order valence-electron chi connectivity index (χ0n) is 8.30. The van der Waals surface area contributed by atoms with E-state index in [-0.39, 0.29) is 12.4 Å². The molecule has 0 amide bonds. The van der Waals surface area contributed by atoms with Crippen LogP contribution >= 0.6 is 11.6 Å². The van der Waals surface area contributed by atoms with Crippen molar-refractivity contribution in [3.05, 3.63) is 42.0 Å². The molecule has 0 saturated carbocycles. The third-order valence-corrected chi connectivity index (χ3v) is 2.53. The lowest BCUT2D eigenvalue weighted by Gasteiger charge is -2.04. The topological polar surface area (TPSA) is 18.5 Å². The Labute approximate surface area is 94.5 Å². The second-order valence-electron chi connectivity index (χ2n) is 3.38. The van der Waals surface area contributed by atoms with E-state index in [4.69, 9.17) is 21.1 Å². The van der Waals surface area contributed by atoms with E-state index < -0.39 is 0 Å². The van der Waals surface area contributed by atoms with Gasteiger partial charge in [-0.05, 0) is 11.6 Å². The lowest BCUT2D eigenvalue weighted by Crippen LogP contribution is -2.12. The fourth-order valence-corrected chi connectivity index (χ4v) is 1.57. The molecule has 0 unspecified atom stereocenters. The van der Waals surface area contributed by atoms with Gasteiger partial charge in [0.2, 0.25) is 0 Å². The summed E-state index contributed by atoms with van der Waals surface area (Å²) in [4.78, 5) is 0. The van der Waals surface area contributed by atoms with E-state index in [9.17, 15) is 0 Å². The van der Waals surface area contributed by atoms with Crippen LogP contribution < -0.4 is 0 Å². The molecule has 1 aliphatic heterocycles. The third kappa shape index (κ3) is 3.06. The first kappa shape index (κ1) is 10.7. The normalized spacial score (nSPS) is 26.2. The summed E-state index contributed by atoms with van der Waals surface area (Å²) in [6, 6.07) is 10.0. The fourth-order valence-electron chi connectivity index (χ4n) is 1.41. The van der Waals surface area contributed by atoms with Crippen molar-refractivity contribution >= 4 is 17.7 Å². The molecular formula is C12H13ClO2. The smallest absolute Gasteiger partial charge is 0.177 e. The molecule has 2 nitrogen and oxygen atoms in total. The van der Waals surface area contributed by atoms with Crippen LogP contribution in [-0.4, -0.2) is 24.9 Å². The van der Waals surface area contributed by atoms with Crippen LogP contribution in [0.4, 0.5) is 0 Å². The number of alkyl halides is 1. The maximum absolute atomic E-state index is 5.66. The van der Waals surface area contributed by atoms with E-state index in [2.05, 4.69) is 0 Å². The Kier molecular flexibility index (Phi) is 3.78. The largest absolute Gasteiger partial charge is 0.346 e. The number of benzene rings is 1. The molecule has 15 heavy (non-hydrogen) atoms. The van der Waals surface area contributed by atoms with Gasteiger partial charge in [0.25, 0.3) is 0 Å². The van der Waals surface area contributed by atoms with Gasteiger partial charge in [-0.2, -0.15) is 0 Å². The molecule has 0 radical (unpaired) electrons. The molecule has 1 fully saturated rings. The van der Waals surface area contributed by atoms with Gasteiger partial charge >= 0.3 is 0 Å². The molecule has 2 atom stereocenters. The zero-order chi connectivity index (χ0) is 10.5. The monoisotopic (exact) mass is 224 g/mol. The van der Waals surface area contributed by atoms with Crippen LogP contribution in [0.15, 0.2) is 36.4 Å². The molecule has 1 heterocycles. The van der Waals surface area contributed by atoms with Crippen LogP contribution in [0.5, 0.6) is 0 Å². The van der Waals surface area contributed by atoms with Crippen molar-refractivity contribution in [2.75, 3.05) is 12.5 Å². The average molecular weight is 225 g/mol. The lowest BCUT2D eigenvalue weighted by molar-refractivity contribution is -0.0149. The molecule has 1 aromatic rings. The molecular weight excluding hydrogens is 212 g/mol. The highest BCUT2D eigenvalue weighted by Crippen LogP contribution is 2.15. The minimum atomic E-state index is -0.256. The van der Waals surface area contributed by atoms with Crippen molar-refractivity contribution < 1.29 is 9.47 Å². The van der Waals surface area contributed by atoms with Crippen molar-refractivity contribution in [2.45, 2.75) is 12.4 Å². The summed E-state index contributed by atoms with van der Waals surface area (Å²) >= 11 is 5.66. The van der Waals surface area contributed by atoms with Crippen molar-refractivity contribution in [3.8, 4) is 0 Å². The van der Waals surface area contributed by atoms with E-state index in [1.807, 2.05) is 42.5 Å². The van der Waals surface area contributed by atoms with Crippen molar-refractivity contribution in [1.29, 1.82) is 0 Å². The van der Waals surface area contributed by atoms with Crippen LogP contribution in [0.3, 0.4) is 0 Å². The standard InChI is InChI=1S/C12H13ClO2/c13-8-11-9-14-12(15-11)7-6-10-4-2-1-3-5-10/h1-7,11-12H,8-9H2/b7-6+/t11-,12+/m0/s1. The third-order valence-electron chi connectivity index (χ3n) is 2.19. The Morgan fingerprint density at radius 2 is 2.13 bits per heavy atom. The molecule has 1 aromatic carbocycles. The van der Waals surface area contributed by atoms with Crippen LogP contribution in [-0.2, 0) is 9.47 Å². The first-order valence-electron chi connectivity index (χ1n) is 4.95. The maximum atomic E-state index is 5.66. The van der Waals surface area contributed by atoms with Gasteiger partial charge in [-0.25, -0.2) is 0 Å². The van der Waals surface area contributed by atoms with Crippen LogP contribution in [0.1, 0.15) is 5.56 Å². The fraction of sp³-hybridized carbons (Fsp3) is 0.333. The Hall–Kier alpha value is -0.830. The van der Waals surface area contributed by atoms with Crippen molar-refractivity contribution in [3.63, 3.8) is 0 Å². The van der Waals surface area contributed by atoms with E-state index in [1.165, 1.54) is 0 Å². The Bertz CT molecular complexity index is 324. The number of ether oxygens (including phenoxy) is 2. The Morgan fingerprint density at radius 3 is 2.80 bits per heavy atom. The van der Waals surface area contributed by atoms with Crippen LogP contribution in [0.2, 0.25) is 0 Å². The minimum Gasteiger partial charge on any atom is -0.346 e. The zero-order valence-corrected chi connectivity index (χ0v) is 9.06. The summed E-state index contributed by atoms with van der Waals surface area (Å²) in [5, 5.41) is 0. The first-order valence-corrected chi connectivity index (χ1v) is 5.48. The summed E-state index contributed by atoms with van der Waals surface area (Å²) in [5.74, 6) is 0.482. The number of rotatable bonds is 3. The van der Waals surface area contributed by atoms with Gasteiger partial charge in [0.15, 0.2) is 6.29 Å². The molecule has 0 spiro atoms. The molecule has 2 rings (SSSR count). The van der Waals surface area contributed by atoms with E-state index >= 15 is 0 Å². The van der Waals surface area contributed by atoms with Gasteiger partial charge in [0.05, 0.1) is 18.6 Å². The number of halogens is 1. The SMILES string of the molecule is ClC[C@H]1CO[C@@H](/C=C/c2ccccc2)O1. The van der Waals surface area contributed by atoms with Gasteiger partial charge in [0.1, 0.15) is 0 Å². The highest BCUT2D eigenvalue weighted by molar-refractivity contribution is 6.18. The lowest BCUT2D eigenvalue weighted by atomic mass is 10.2. The van der Waals surface area contributed by atoms with Crippen LogP contribution in [0.25, 0.3) is 6.08 Å². The highest BCUT2D eigenvalue weighted by atomic mass is 35.5. The Morgan fingerprint density at radius 1 is 1.33 bits per heavy atom. The summed E-state index contributed by atoms with van der Waals surface area (Å²) in [5.41, 5.74) is 1.14. The molecule has 80 valence electrons. The van der Waals surface area contributed by atoms with E-state index in [1.54, 1.807) is 0 Å². The van der Waals surface area contributed by atoms with Crippen LogP contribution in [0, 0.1) is 0 Å². The summed E-state index contributed by atoms with van der Waals surface area (Å²) in [7, 11) is 0. The van der Waals surface area contributed by atoms with Gasteiger partial charge < -0.3 is 9.47 Å². The second kappa shape index (κ2) is 5.31. The Balaban J connectivity index is 1.90. The first-order chi connectivity index (χ1) is 7.38.